The maximum absolute atomic E-state index is 10.8. The number of hydrogen-bond donors (Lipinski definition) is 2. The van der Waals surface area contributed by atoms with Gasteiger partial charge in [0.05, 0.1) is 80.4 Å². The third kappa shape index (κ3) is 14.6. The van der Waals surface area contributed by atoms with E-state index in [1.807, 2.05) is 68.4 Å². The second-order valence-corrected chi connectivity index (χ2v) is 20.7. The van der Waals surface area contributed by atoms with Crippen molar-refractivity contribution >= 4 is 50.7 Å². The molecule has 16 nitrogen and oxygen atoms in total. The van der Waals surface area contributed by atoms with Crippen LogP contribution in [0.2, 0.25) is 0 Å². The lowest BCUT2D eigenvalue weighted by molar-refractivity contribution is 0.00578. The van der Waals surface area contributed by atoms with Gasteiger partial charge in [0.1, 0.15) is 11.4 Å². The van der Waals surface area contributed by atoms with Gasteiger partial charge in [-0.1, -0.05) is 95.6 Å². The molecule has 3 aliphatic rings. The maximum Gasteiger partial charge on any atom is 0.495 e. The van der Waals surface area contributed by atoms with Gasteiger partial charge in [0.15, 0.2) is 12.0 Å². The van der Waals surface area contributed by atoms with Crippen molar-refractivity contribution < 1.29 is 39.9 Å². The minimum atomic E-state index is -0.430. The largest absolute Gasteiger partial charge is 0.495 e. The fraction of sp³-hybridized carbons (Fsp3) is 0.446. The Bertz CT molecular complexity index is 2890. The van der Waals surface area contributed by atoms with Crippen LogP contribution in [0.5, 0.6) is 17.6 Å². The van der Waals surface area contributed by atoms with E-state index in [-0.39, 0.29) is 31.2 Å². The smallest absolute Gasteiger partial charge is 0.480 e. The summed E-state index contributed by atoms with van der Waals surface area (Å²) in [5.41, 5.74) is 10.4. The van der Waals surface area contributed by atoms with Gasteiger partial charge in [0, 0.05) is 66.3 Å². The molecular formula is C56H73BBr2N8O8. The number of halogens is 2. The van der Waals surface area contributed by atoms with Gasteiger partial charge in [0.25, 0.3) is 0 Å². The van der Waals surface area contributed by atoms with Crippen molar-refractivity contribution in [2.24, 2.45) is 0 Å². The molecule has 3 aliphatic heterocycles. The second kappa shape index (κ2) is 27.2. The maximum atomic E-state index is 10.8. The molecule has 0 aliphatic carbocycles. The molecular weight excluding hydrogens is 1080 g/mol. The van der Waals surface area contributed by atoms with Crippen LogP contribution in [0, 0.1) is 20.8 Å². The Morgan fingerprint density at radius 1 is 0.680 bits per heavy atom. The Morgan fingerprint density at radius 3 is 1.45 bits per heavy atom. The highest BCUT2D eigenvalue weighted by Gasteiger charge is 2.52. The molecule has 19 heteroatoms. The number of aliphatic hydroxyl groups excluding tert-OH is 2. The monoisotopic (exact) mass is 1160 g/mol. The van der Waals surface area contributed by atoms with E-state index in [2.05, 4.69) is 101 Å². The van der Waals surface area contributed by atoms with Crippen molar-refractivity contribution in [3.8, 4) is 51.4 Å². The minimum absolute atomic E-state index is 0. The van der Waals surface area contributed by atoms with E-state index in [0.717, 1.165) is 96.5 Å². The molecule has 0 spiro atoms. The lowest BCUT2D eigenvalue weighted by Gasteiger charge is -2.32. The number of hydrogen-bond acceptors (Lipinski definition) is 16. The zero-order valence-corrected chi connectivity index (χ0v) is 47.5. The number of carbonyl (C=O) groups is 1. The average molecular weight is 1160 g/mol. The first-order chi connectivity index (χ1) is 35.8. The number of ether oxygens (including phenoxy) is 3. The van der Waals surface area contributed by atoms with E-state index in [1.54, 1.807) is 39.7 Å². The number of rotatable bonds is 12. The highest BCUT2D eigenvalue weighted by molar-refractivity contribution is 9.10. The van der Waals surface area contributed by atoms with Gasteiger partial charge in [-0.15, -0.1) is 0 Å². The van der Waals surface area contributed by atoms with Crippen molar-refractivity contribution in [2.75, 3.05) is 47.5 Å². The molecule has 0 bridgehead atoms. The number of likely N-dealkylation sites (tertiary alicyclic amines) is 2. The Kier molecular flexibility index (Phi) is 21.4. The zero-order valence-electron chi connectivity index (χ0n) is 45.3. The molecule has 0 saturated carbocycles. The van der Waals surface area contributed by atoms with Gasteiger partial charge < -0.3 is 33.7 Å². The highest BCUT2D eigenvalue weighted by atomic mass is 79.9. The fourth-order valence-electron chi connectivity index (χ4n) is 8.60. The van der Waals surface area contributed by atoms with E-state index in [1.165, 1.54) is 7.11 Å². The Hall–Kier alpha value is -5.25. The molecule has 2 N–H and O–H groups in total. The van der Waals surface area contributed by atoms with Gasteiger partial charge in [-0.2, -0.15) is 0 Å². The number of carbonyl (C=O) groups excluding carboxylic acids is 1. The normalized spacial score (nSPS) is 17.7. The van der Waals surface area contributed by atoms with Gasteiger partial charge in [0.2, 0.25) is 17.6 Å². The van der Waals surface area contributed by atoms with Gasteiger partial charge >= 0.3 is 7.12 Å². The quantitative estimate of drug-likeness (QED) is 0.0870. The molecule has 6 aromatic rings. The Morgan fingerprint density at radius 2 is 1.07 bits per heavy atom. The summed E-state index contributed by atoms with van der Waals surface area (Å²) in [6, 6.07) is 17.9. The van der Waals surface area contributed by atoms with Crippen LogP contribution in [0.4, 0.5) is 0 Å². The molecule has 2 atom stereocenters. The SMILES string of the molecule is C.COc1nc(-c2cccc(B3OC(C)(C)C(C)(C)O3)c2C)cnc1CN1CC[C@@H](O)C1.COc1nc(-c2cccc(Br)c2C)cnc1C=O.COc1nc(-c2cccc(Br)c2C)cnc1CN1CC[C@@H](O)C1.[2H]CC. The number of β-amino-alcohol motifs (C(OH)–C–C–N with tert-alkyl or cyclic N) is 2. The summed E-state index contributed by atoms with van der Waals surface area (Å²) < 4.78 is 36.8. The van der Waals surface area contributed by atoms with E-state index < -0.39 is 18.3 Å². The van der Waals surface area contributed by atoms with Crippen LogP contribution in [0.1, 0.15) is 102 Å². The molecule has 3 aromatic carbocycles. The van der Waals surface area contributed by atoms with Crippen molar-refractivity contribution in [3.05, 3.63) is 116 Å². The van der Waals surface area contributed by atoms with Crippen molar-refractivity contribution in [2.45, 2.75) is 119 Å². The first-order valence-electron chi connectivity index (χ1n) is 25.2. The summed E-state index contributed by atoms with van der Waals surface area (Å²) in [5.74, 6) is 1.30. The molecule has 0 amide bonds. The molecule has 0 radical (unpaired) electrons. The van der Waals surface area contributed by atoms with Crippen LogP contribution in [-0.2, 0) is 22.4 Å². The molecule has 3 aromatic heterocycles. The van der Waals surface area contributed by atoms with E-state index in [0.29, 0.717) is 56.8 Å². The first kappa shape index (κ1) is 59.0. The van der Waals surface area contributed by atoms with Crippen LogP contribution in [0.25, 0.3) is 33.8 Å². The molecule has 402 valence electrons. The summed E-state index contributed by atoms with van der Waals surface area (Å²) in [4.78, 5) is 42.0. The number of nitrogens with zero attached hydrogens (tertiary/aromatic N) is 8. The van der Waals surface area contributed by atoms with Crippen molar-refractivity contribution in [3.63, 3.8) is 0 Å². The third-order valence-corrected chi connectivity index (χ3v) is 15.3. The van der Waals surface area contributed by atoms with Crippen molar-refractivity contribution in [1.29, 1.82) is 0 Å². The van der Waals surface area contributed by atoms with Gasteiger partial charge in [-0.25, -0.2) is 19.9 Å². The van der Waals surface area contributed by atoms with Crippen molar-refractivity contribution in [1.82, 2.24) is 39.7 Å². The van der Waals surface area contributed by atoms with E-state index in [9.17, 15) is 15.0 Å². The lowest BCUT2D eigenvalue weighted by atomic mass is 9.75. The fourth-order valence-corrected chi connectivity index (χ4v) is 9.33. The first-order valence-corrected chi connectivity index (χ1v) is 26.1. The number of benzene rings is 3. The lowest BCUT2D eigenvalue weighted by Crippen LogP contribution is -2.41. The second-order valence-electron chi connectivity index (χ2n) is 19.0. The summed E-state index contributed by atoms with van der Waals surface area (Å²) in [7, 11) is 4.27. The summed E-state index contributed by atoms with van der Waals surface area (Å²) in [5, 5.41) is 19.4. The topological polar surface area (TPSA) is 187 Å². The third-order valence-electron chi connectivity index (χ3n) is 13.6. The highest BCUT2D eigenvalue weighted by Crippen LogP contribution is 2.38. The minimum Gasteiger partial charge on any atom is -0.480 e. The average Bonchev–Trinajstić information content (AvgIpc) is 4.07. The van der Waals surface area contributed by atoms with E-state index in [4.69, 9.17) is 29.9 Å². The van der Waals surface area contributed by atoms with Crippen LogP contribution in [0.3, 0.4) is 0 Å². The molecule has 6 heterocycles. The molecule has 75 heavy (non-hydrogen) atoms. The standard InChI is InChI=1S/C23H32BN3O4.C17H20BrN3O2.C13H11BrN2O2.C2H6.CH4/c1-15-17(8-7-9-18(15)24-30-22(2,3)23(4,5)31-24)19-12-25-20(21(26-19)29-6)14-27-11-10-16(28)13-27;1-11-13(4-3-5-14(11)18)15-8-19-16(17(20-15)23-2)10-21-7-6-12(22)9-21;1-8-9(4-3-5-10(8)14)11-6-15-12(7-17)13(16-11)18-2;1-2;/h7-9,12,16,28H,10-11,13-14H2,1-6H3;3-5,8,12,22H,6-7,9-10H2,1-2H3;3-7H,1-2H3;1-2H3;1H4/t16-;12-;;;/m11.../s1/i;;;1D;. The number of aldehydes is 1. The van der Waals surface area contributed by atoms with E-state index >= 15 is 0 Å². The van der Waals surface area contributed by atoms with Crippen LogP contribution >= 0.6 is 31.9 Å². The predicted molar refractivity (Wildman–Crippen MR) is 303 cm³/mol. The summed E-state index contributed by atoms with van der Waals surface area (Å²) in [6.07, 6.45) is 6.88. The Balaban J connectivity index is 0.000000211. The number of methoxy groups -OCH3 is 3. The molecule has 9 rings (SSSR count). The van der Waals surface area contributed by atoms with Crippen LogP contribution in [0.15, 0.2) is 82.1 Å². The Labute approximate surface area is 461 Å². The molecule has 0 unspecified atom stereocenters. The predicted octanol–water partition coefficient (Wildman–Crippen LogP) is 9.81. The van der Waals surface area contributed by atoms with Crippen LogP contribution < -0.4 is 19.7 Å². The summed E-state index contributed by atoms with van der Waals surface area (Å²) >= 11 is 7.02. The molecule has 3 saturated heterocycles. The van der Waals surface area contributed by atoms with Crippen LogP contribution in [-0.4, -0.2) is 134 Å². The summed E-state index contributed by atoms with van der Waals surface area (Å²) in [6.45, 7) is 20.9. The molecule has 3 fully saturated rings. The number of aliphatic hydroxyl groups is 2. The van der Waals surface area contributed by atoms with Gasteiger partial charge in [-0.3, -0.25) is 24.6 Å². The zero-order chi connectivity index (χ0) is 54.6. The van der Waals surface area contributed by atoms with Gasteiger partial charge in [-0.05, 0) is 95.6 Å². The number of aromatic nitrogens is 6.